The van der Waals surface area contributed by atoms with Crippen LogP contribution in [0, 0.1) is 0 Å². The second kappa shape index (κ2) is 4.33. The van der Waals surface area contributed by atoms with Gasteiger partial charge in [-0.25, -0.2) is 12.7 Å². The molecular weight excluding hydrogens is 228 g/mol. The van der Waals surface area contributed by atoms with E-state index < -0.39 is 14.8 Å². The van der Waals surface area contributed by atoms with Crippen LogP contribution >= 0.6 is 0 Å². The van der Waals surface area contributed by atoms with Crippen molar-refractivity contribution in [3.8, 4) is 0 Å². The smallest absolute Gasteiger partial charge is 0.259 e. The number of nitrogens with two attached hydrogens (primary N) is 1. The summed E-state index contributed by atoms with van der Waals surface area (Å²) in [5, 5.41) is 0. The molecule has 1 amide bonds. The van der Waals surface area contributed by atoms with E-state index in [1.165, 1.54) is 13.8 Å². The molecule has 6 heteroatoms. The highest BCUT2D eigenvalue weighted by molar-refractivity contribution is 7.94. The van der Waals surface area contributed by atoms with E-state index in [-0.39, 0.29) is 18.5 Å². The lowest BCUT2D eigenvalue weighted by atomic mass is 10.1. The summed E-state index contributed by atoms with van der Waals surface area (Å²) in [6, 6.07) is -0.370. The van der Waals surface area contributed by atoms with Crippen molar-refractivity contribution in [1.82, 2.24) is 4.31 Å². The molecule has 1 atom stereocenters. The molecule has 1 heterocycles. The molecule has 5 nitrogen and oxygen atoms in total. The van der Waals surface area contributed by atoms with Gasteiger partial charge in [0.05, 0.1) is 6.04 Å². The minimum atomic E-state index is -3.49. The first-order valence-corrected chi connectivity index (χ1v) is 7.03. The van der Waals surface area contributed by atoms with Gasteiger partial charge in [0.15, 0.2) is 4.75 Å². The summed E-state index contributed by atoms with van der Waals surface area (Å²) in [4.78, 5) is 11.8. The Labute approximate surface area is 97.0 Å². The maximum absolute atomic E-state index is 11.9. The summed E-state index contributed by atoms with van der Waals surface area (Å²) in [6.45, 7) is 5.09. The van der Waals surface area contributed by atoms with Gasteiger partial charge in [0.1, 0.15) is 0 Å². The lowest BCUT2D eigenvalue weighted by molar-refractivity contribution is -0.134. The van der Waals surface area contributed by atoms with E-state index in [0.717, 1.165) is 17.1 Å². The molecule has 1 aliphatic heterocycles. The molecule has 0 spiro atoms. The molecule has 16 heavy (non-hydrogen) atoms. The van der Waals surface area contributed by atoms with Crippen molar-refractivity contribution in [3.05, 3.63) is 0 Å². The molecule has 0 radical (unpaired) electrons. The van der Waals surface area contributed by atoms with Gasteiger partial charge in [-0.3, -0.25) is 4.79 Å². The van der Waals surface area contributed by atoms with E-state index >= 15 is 0 Å². The standard InChI is InChI=1S/C10H20N2O3S/c1-4-5-6-8(7-11)12-9(13)10(2,3)16(12,14)15/h8H,4-7,11H2,1-3H3. The SMILES string of the molecule is CCCCC(CN)N1C(=O)C(C)(C)S1(=O)=O. The maximum Gasteiger partial charge on any atom is 0.259 e. The number of amides is 1. The summed E-state index contributed by atoms with van der Waals surface area (Å²) in [6.07, 6.45) is 2.48. The molecule has 2 N–H and O–H groups in total. The molecule has 1 unspecified atom stereocenters. The molecule has 0 aromatic heterocycles. The third kappa shape index (κ3) is 1.73. The summed E-state index contributed by atoms with van der Waals surface area (Å²) < 4.78 is 23.5. The van der Waals surface area contributed by atoms with Gasteiger partial charge in [0.25, 0.3) is 15.9 Å². The Balaban J connectivity index is 2.86. The summed E-state index contributed by atoms with van der Waals surface area (Å²) in [5.74, 6) is -0.334. The Morgan fingerprint density at radius 3 is 2.38 bits per heavy atom. The van der Waals surface area contributed by atoms with Gasteiger partial charge >= 0.3 is 0 Å². The fraction of sp³-hybridized carbons (Fsp3) is 0.900. The quantitative estimate of drug-likeness (QED) is 0.766. The molecule has 1 rings (SSSR count). The third-order valence-corrected chi connectivity index (χ3v) is 5.56. The number of hydrogen-bond acceptors (Lipinski definition) is 4. The lowest BCUT2D eigenvalue weighted by Gasteiger charge is -2.46. The normalized spacial score (nSPS) is 24.0. The summed E-state index contributed by atoms with van der Waals surface area (Å²) >= 11 is 0. The zero-order chi connectivity index (χ0) is 12.6. The van der Waals surface area contributed by atoms with Crippen molar-refractivity contribution in [1.29, 1.82) is 0 Å². The predicted octanol–water partition coefficient (Wildman–Crippen LogP) is 0.455. The number of nitrogens with zero attached hydrogens (tertiary/aromatic N) is 1. The number of rotatable bonds is 5. The molecule has 0 aromatic rings. The van der Waals surface area contributed by atoms with Crippen LogP contribution in [-0.2, 0) is 14.8 Å². The van der Waals surface area contributed by atoms with Crippen LogP contribution < -0.4 is 5.73 Å². The van der Waals surface area contributed by atoms with Crippen molar-refractivity contribution in [2.75, 3.05) is 6.54 Å². The van der Waals surface area contributed by atoms with Crippen molar-refractivity contribution in [3.63, 3.8) is 0 Å². The van der Waals surface area contributed by atoms with Gasteiger partial charge in [0, 0.05) is 6.54 Å². The first-order chi connectivity index (χ1) is 7.30. The average Bonchev–Trinajstić information content (AvgIpc) is 2.22. The van der Waals surface area contributed by atoms with E-state index in [9.17, 15) is 13.2 Å². The average molecular weight is 248 g/mol. The van der Waals surface area contributed by atoms with E-state index in [4.69, 9.17) is 5.73 Å². The maximum atomic E-state index is 11.9. The number of hydrogen-bond donors (Lipinski definition) is 1. The van der Waals surface area contributed by atoms with Crippen LogP contribution in [0.4, 0.5) is 0 Å². The molecule has 1 saturated heterocycles. The van der Waals surface area contributed by atoms with E-state index in [0.29, 0.717) is 6.42 Å². The topological polar surface area (TPSA) is 80.5 Å². The number of carbonyl (C=O) groups is 1. The number of unbranched alkanes of at least 4 members (excludes halogenated alkanes) is 1. The first kappa shape index (κ1) is 13.4. The lowest BCUT2D eigenvalue weighted by Crippen LogP contribution is -2.70. The highest BCUT2D eigenvalue weighted by Gasteiger charge is 2.61. The summed E-state index contributed by atoms with van der Waals surface area (Å²) in [5.41, 5.74) is 5.54. The molecule has 1 aliphatic rings. The molecule has 94 valence electrons. The Morgan fingerprint density at radius 1 is 1.44 bits per heavy atom. The van der Waals surface area contributed by atoms with Crippen LogP contribution in [-0.4, -0.2) is 36.0 Å². The van der Waals surface area contributed by atoms with E-state index in [1.54, 1.807) is 0 Å². The zero-order valence-corrected chi connectivity index (χ0v) is 10.9. The Kier molecular flexibility index (Phi) is 3.64. The van der Waals surface area contributed by atoms with Crippen molar-refractivity contribution in [2.45, 2.75) is 50.8 Å². The molecule has 0 bridgehead atoms. The second-order valence-electron chi connectivity index (χ2n) is 4.65. The predicted molar refractivity (Wildman–Crippen MR) is 62.2 cm³/mol. The van der Waals surface area contributed by atoms with Crippen molar-refractivity contribution in [2.24, 2.45) is 5.73 Å². The minimum Gasteiger partial charge on any atom is -0.328 e. The zero-order valence-electron chi connectivity index (χ0n) is 10.1. The van der Waals surface area contributed by atoms with Gasteiger partial charge < -0.3 is 5.73 Å². The Bertz CT molecular complexity index is 376. The van der Waals surface area contributed by atoms with Crippen LogP contribution in [0.3, 0.4) is 0 Å². The van der Waals surface area contributed by atoms with Crippen molar-refractivity contribution < 1.29 is 13.2 Å². The Morgan fingerprint density at radius 2 is 2.00 bits per heavy atom. The molecule has 0 aromatic carbocycles. The van der Waals surface area contributed by atoms with Crippen LogP contribution in [0.2, 0.25) is 0 Å². The van der Waals surface area contributed by atoms with Crippen LogP contribution in [0.1, 0.15) is 40.0 Å². The van der Waals surface area contributed by atoms with Crippen LogP contribution in [0.15, 0.2) is 0 Å². The van der Waals surface area contributed by atoms with Gasteiger partial charge in [-0.1, -0.05) is 19.8 Å². The van der Waals surface area contributed by atoms with Crippen LogP contribution in [0.25, 0.3) is 0 Å². The van der Waals surface area contributed by atoms with E-state index in [2.05, 4.69) is 0 Å². The molecule has 1 fully saturated rings. The third-order valence-electron chi connectivity index (χ3n) is 3.11. The monoisotopic (exact) mass is 248 g/mol. The highest BCUT2D eigenvalue weighted by atomic mass is 32.2. The largest absolute Gasteiger partial charge is 0.328 e. The fourth-order valence-electron chi connectivity index (χ4n) is 1.82. The number of carbonyl (C=O) groups excluding carboxylic acids is 1. The van der Waals surface area contributed by atoms with E-state index in [1.807, 2.05) is 6.92 Å². The molecular formula is C10H20N2O3S. The van der Waals surface area contributed by atoms with Gasteiger partial charge in [0.2, 0.25) is 0 Å². The van der Waals surface area contributed by atoms with Gasteiger partial charge in [-0.15, -0.1) is 0 Å². The highest BCUT2D eigenvalue weighted by Crippen LogP contribution is 2.37. The second-order valence-corrected chi connectivity index (χ2v) is 7.01. The molecule has 0 aliphatic carbocycles. The van der Waals surface area contributed by atoms with Crippen molar-refractivity contribution >= 4 is 15.9 Å². The molecule has 0 saturated carbocycles. The Hall–Kier alpha value is -0.620. The van der Waals surface area contributed by atoms with Gasteiger partial charge in [-0.2, -0.15) is 0 Å². The fourth-order valence-corrected chi connectivity index (χ4v) is 3.53. The first-order valence-electron chi connectivity index (χ1n) is 5.59. The van der Waals surface area contributed by atoms with Crippen LogP contribution in [0.5, 0.6) is 0 Å². The minimum absolute atomic E-state index is 0.195. The van der Waals surface area contributed by atoms with Gasteiger partial charge in [-0.05, 0) is 20.3 Å². The summed E-state index contributed by atoms with van der Waals surface area (Å²) in [7, 11) is -3.49. The number of sulfonamides is 1.